The molecule has 29 heavy (non-hydrogen) atoms. The van der Waals surface area contributed by atoms with E-state index < -0.39 is 5.91 Å². The van der Waals surface area contributed by atoms with Crippen LogP contribution >= 0.6 is 23.2 Å². The lowest BCUT2D eigenvalue weighted by atomic mass is 10.1. The van der Waals surface area contributed by atoms with Crippen LogP contribution in [0.3, 0.4) is 0 Å². The summed E-state index contributed by atoms with van der Waals surface area (Å²) >= 11 is 12.6. The van der Waals surface area contributed by atoms with Gasteiger partial charge in [-0.25, -0.2) is 4.39 Å². The van der Waals surface area contributed by atoms with Crippen LogP contribution in [0.25, 0.3) is 6.08 Å². The Morgan fingerprint density at radius 3 is 2.55 bits per heavy atom. The van der Waals surface area contributed by atoms with Crippen LogP contribution in [0.15, 0.2) is 42.0 Å². The molecule has 2 aromatic carbocycles. The van der Waals surface area contributed by atoms with Crippen molar-refractivity contribution in [2.24, 2.45) is 0 Å². The molecule has 1 aliphatic carbocycles. The number of nitrogens with zero attached hydrogens (tertiary/aromatic N) is 1. The van der Waals surface area contributed by atoms with Gasteiger partial charge in [0.15, 0.2) is 5.75 Å². The van der Waals surface area contributed by atoms with Gasteiger partial charge in [-0.15, -0.1) is 0 Å². The average molecular weight is 433 g/mol. The SMILES string of the molecule is N#C/C(=C/c1cc(Cl)c(OCc2cccc(F)c2)c(Cl)c1)C(=O)NC1CCCC1. The number of carbonyl (C=O) groups excluding carboxylic acids is 1. The topological polar surface area (TPSA) is 62.1 Å². The van der Waals surface area contributed by atoms with Crippen molar-refractivity contribution < 1.29 is 13.9 Å². The fourth-order valence-corrected chi connectivity index (χ4v) is 3.84. The maximum atomic E-state index is 13.3. The molecule has 0 heterocycles. The number of benzene rings is 2. The summed E-state index contributed by atoms with van der Waals surface area (Å²) < 4.78 is 18.9. The van der Waals surface area contributed by atoms with Crippen LogP contribution in [0.1, 0.15) is 36.8 Å². The normalized spacial score (nSPS) is 14.5. The van der Waals surface area contributed by atoms with Gasteiger partial charge in [-0.05, 0) is 54.3 Å². The van der Waals surface area contributed by atoms with Crippen molar-refractivity contribution in [3.05, 3.63) is 69.0 Å². The molecule has 1 N–H and O–H groups in total. The molecule has 2 aromatic rings. The Bertz CT molecular complexity index is 956. The standard InChI is InChI=1S/C22H19Cl2FN2O2/c23-19-10-15(8-16(12-26)22(28)27-18-6-1-2-7-18)11-20(24)21(19)29-13-14-4-3-5-17(25)9-14/h3-5,8-11,18H,1-2,6-7,13H2,(H,27,28)/b16-8-. The zero-order chi connectivity index (χ0) is 20.8. The van der Waals surface area contributed by atoms with Gasteiger partial charge in [0.05, 0.1) is 10.0 Å². The van der Waals surface area contributed by atoms with E-state index in [-0.39, 0.29) is 39.8 Å². The van der Waals surface area contributed by atoms with Crippen molar-refractivity contribution in [2.45, 2.75) is 38.3 Å². The molecule has 1 amide bonds. The molecule has 1 fully saturated rings. The maximum Gasteiger partial charge on any atom is 0.262 e. The number of rotatable bonds is 6. The van der Waals surface area contributed by atoms with Gasteiger partial charge < -0.3 is 10.1 Å². The van der Waals surface area contributed by atoms with Gasteiger partial charge in [0.2, 0.25) is 0 Å². The second kappa shape index (κ2) is 9.78. The molecule has 0 unspecified atom stereocenters. The largest absolute Gasteiger partial charge is 0.486 e. The van der Waals surface area contributed by atoms with E-state index in [1.54, 1.807) is 24.3 Å². The predicted molar refractivity (Wildman–Crippen MR) is 111 cm³/mol. The Hall–Kier alpha value is -2.55. The monoisotopic (exact) mass is 432 g/mol. The molecule has 0 aromatic heterocycles. The van der Waals surface area contributed by atoms with Crippen LogP contribution in [0, 0.1) is 17.1 Å². The van der Waals surface area contributed by atoms with Gasteiger partial charge >= 0.3 is 0 Å². The van der Waals surface area contributed by atoms with Crippen molar-refractivity contribution in [1.82, 2.24) is 5.32 Å². The molecule has 0 bridgehead atoms. The minimum atomic E-state index is -0.405. The van der Waals surface area contributed by atoms with Crippen molar-refractivity contribution >= 4 is 35.2 Å². The Morgan fingerprint density at radius 2 is 1.93 bits per heavy atom. The summed E-state index contributed by atoms with van der Waals surface area (Å²) in [6, 6.07) is 11.2. The van der Waals surface area contributed by atoms with Crippen LogP contribution in [-0.4, -0.2) is 11.9 Å². The van der Waals surface area contributed by atoms with E-state index in [2.05, 4.69) is 5.32 Å². The molecule has 3 rings (SSSR count). The fourth-order valence-electron chi connectivity index (χ4n) is 3.23. The molecular weight excluding hydrogens is 414 g/mol. The van der Waals surface area contributed by atoms with Crippen LogP contribution in [0.5, 0.6) is 5.75 Å². The summed E-state index contributed by atoms with van der Waals surface area (Å²) in [7, 11) is 0. The Kier molecular flexibility index (Phi) is 7.13. The summed E-state index contributed by atoms with van der Waals surface area (Å²) in [6.45, 7) is 0.0969. The Balaban J connectivity index is 1.74. The van der Waals surface area contributed by atoms with E-state index in [9.17, 15) is 14.4 Å². The summed E-state index contributed by atoms with van der Waals surface area (Å²) in [5.41, 5.74) is 1.13. The van der Waals surface area contributed by atoms with Gasteiger partial charge in [0.1, 0.15) is 24.1 Å². The number of nitriles is 1. The smallest absolute Gasteiger partial charge is 0.262 e. The lowest BCUT2D eigenvalue weighted by molar-refractivity contribution is -0.117. The lowest BCUT2D eigenvalue weighted by Gasteiger charge is -2.12. The van der Waals surface area contributed by atoms with E-state index in [1.165, 1.54) is 18.2 Å². The van der Waals surface area contributed by atoms with Gasteiger partial charge in [-0.1, -0.05) is 48.2 Å². The van der Waals surface area contributed by atoms with Gasteiger partial charge in [0, 0.05) is 6.04 Å². The molecular formula is C22H19Cl2FN2O2. The van der Waals surface area contributed by atoms with E-state index in [4.69, 9.17) is 27.9 Å². The third kappa shape index (κ3) is 5.72. The third-order valence-corrected chi connectivity index (χ3v) is 5.22. The predicted octanol–water partition coefficient (Wildman–Crippen LogP) is 5.68. The zero-order valence-corrected chi connectivity index (χ0v) is 17.1. The number of hydrogen-bond acceptors (Lipinski definition) is 3. The lowest BCUT2D eigenvalue weighted by Crippen LogP contribution is -2.33. The fraction of sp³-hybridized carbons (Fsp3) is 0.273. The molecule has 7 heteroatoms. The second-order valence-corrected chi connectivity index (χ2v) is 7.67. The molecule has 1 aliphatic rings. The minimum Gasteiger partial charge on any atom is -0.486 e. The van der Waals surface area contributed by atoms with E-state index in [0.29, 0.717) is 11.1 Å². The number of nitrogens with one attached hydrogen (secondary N) is 1. The van der Waals surface area contributed by atoms with E-state index in [1.807, 2.05) is 6.07 Å². The van der Waals surface area contributed by atoms with Gasteiger partial charge in [-0.2, -0.15) is 5.26 Å². The van der Waals surface area contributed by atoms with Crippen LogP contribution in [0.2, 0.25) is 10.0 Å². The Morgan fingerprint density at radius 1 is 1.24 bits per heavy atom. The quantitative estimate of drug-likeness (QED) is 0.471. The summed E-state index contributed by atoms with van der Waals surface area (Å²) in [5, 5.41) is 12.7. The average Bonchev–Trinajstić information content (AvgIpc) is 3.18. The van der Waals surface area contributed by atoms with E-state index in [0.717, 1.165) is 25.7 Å². The molecule has 1 saturated carbocycles. The Labute approximate surface area is 178 Å². The second-order valence-electron chi connectivity index (χ2n) is 6.86. The molecule has 4 nitrogen and oxygen atoms in total. The number of halogens is 3. The van der Waals surface area contributed by atoms with Crippen LogP contribution in [0.4, 0.5) is 4.39 Å². The molecule has 0 atom stereocenters. The van der Waals surface area contributed by atoms with Crippen molar-refractivity contribution in [1.29, 1.82) is 5.26 Å². The van der Waals surface area contributed by atoms with E-state index >= 15 is 0 Å². The van der Waals surface area contributed by atoms with Crippen LogP contribution in [-0.2, 0) is 11.4 Å². The highest BCUT2D eigenvalue weighted by atomic mass is 35.5. The zero-order valence-electron chi connectivity index (χ0n) is 15.6. The highest BCUT2D eigenvalue weighted by Gasteiger charge is 2.19. The van der Waals surface area contributed by atoms with Crippen LogP contribution < -0.4 is 10.1 Å². The highest BCUT2D eigenvalue weighted by molar-refractivity contribution is 6.37. The number of hydrogen-bond donors (Lipinski definition) is 1. The van der Waals surface area contributed by atoms with Crippen molar-refractivity contribution in [2.75, 3.05) is 0 Å². The summed E-state index contributed by atoms with van der Waals surface area (Å²) in [6.07, 6.45) is 5.47. The highest BCUT2D eigenvalue weighted by Crippen LogP contribution is 2.35. The van der Waals surface area contributed by atoms with Gasteiger partial charge in [0.25, 0.3) is 5.91 Å². The molecule has 0 saturated heterocycles. The molecule has 150 valence electrons. The molecule has 0 aliphatic heterocycles. The summed E-state index contributed by atoms with van der Waals surface area (Å²) in [5.74, 6) is -0.509. The van der Waals surface area contributed by atoms with Crippen molar-refractivity contribution in [3.8, 4) is 11.8 Å². The van der Waals surface area contributed by atoms with Gasteiger partial charge in [-0.3, -0.25) is 4.79 Å². The first-order chi connectivity index (χ1) is 14.0. The first-order valence-corrected chi connectivity index (χ1v) is 10.0. The molecule has 0 radical (unpaired) electrons. The first kappa shape index (κ1) is 21.2. The van der Waals surface area contributed by atoms with Crippen molar-refractivity contribution in [3.63, 3.8) is 0 Å². The minimum absolute atomic E-state index is 0.0162. The first-order valence-electron chi connectivity index (χ1n) is 9.25. The molecule has 0 spiro atoms. The maximum absolute atomic E-state index is 13.3. The number of ether oxygens (including phenoxy) is 1. The summed E-state index contributed by atoms with van der Waals surface area (Å²) in [4.78, 5) is 12.3. The third-order valence-electron chi connectivity index (χ3n) is 4.66. The number of amides is 1. The number of carbonyl (C=O) groups is 1.